The van der Waals surface area contributed by atoms with Crippen molar-refractivity contribution in [2.75, 3.05) is 19.6 Å². The molecule has 3 unspecified atom stereocenters. The van der Waals surface area contributed by atoms with E-state index in [2.05, 4.69) is 29.4 Å². The Morgan fingerprint density at radius 1 is 1.00 bits per heavy atom. The minimum absolute atomic E-state index is 0.0592. The minimum Gasteiger partial charge on any atom is -0.489 e. The van der Waals surface area contributed by atoms with Crippen LogP contribution in [-0.4, -0.2) is 48.4 Å². The molecule has 1 saturated heterocycles. The van der Waals surface area contributed by atoms with Crippen LogP contribution in [0.3, 0.4) is 0 Å². The van der Waals surface area contributed by atoms with Gasteiger partial charge in [-0.25, -0.2) is 0 Å². The third-order valence-corrected chi connectivity index (χ3v) is 6.81. The van der Waals surface area contributed by atoms with Crippen LogP contribution in [0.15, 0.2) is 54.6 Å². The number of amides is 2. The second-order valence-electron chi connectivity index (χ2n) is 10.0. The Bertz CT molecular complexity index is 930. The fourth-order valence-corrected chi connectivity index (χ4v) is 4.78. The monoisotopic (exact) mass is 493 g/mol. The van der Waals surface area contributed by atoms with Crippen molar-refractivity contribution in [3.63, 3.8) is 0 Å². The van der Waals surface area contributed by atoms with Crippen molar-refractivity contribution < 1.29 is 14.3 Å². The van der Waals surface area contributed by atoms with Crippen LogP contribution >= 0.6 is 0 Å². The molecular formula is C30H43N3O3. The molecule has 36 heavy (non-hydrogen) atoms. The number of carbonyl (C=O) groups is 2. The van der Waals surface area contributed by atoms with Crippen LogP contribution in [0.25, 0.3) is 0 Å². The highest BCUT2D eigenvalue weighted by Crippen LogP contribution is 2.17. The van der Waals surface area contributed by atoms with Crippen LogP contribution in [0.5, 0.6) is 5.75 Å². The van der Waals surface area contributed by atoms with E-state index in [1.165, 1.54) is 0 Å². The van der Waals surface area contributed by atoms with Gasteiger partial charge < -0.3 is 20.3 Å². The molecule has 0 bridgehead atoms. The number of likely N-dealkylation sites (tertiary alicyclic amines) is 1. The number of nitrogens with one attached hydrogen (secondary N) is 2. The molecule has 1 fully saturated rings. The van der Waals surface area contributed by atoms with Crippen molar-refractivity contribution in [2.45, 2.75) is 78.0 Å². The minimum atomic E-state index is -0.602. The van der Waals surface area contributed by atoms with Crippen LogP contribution in [0.2, 0.25) is 0 Å². The largest absolute Gasteiger partial charge is 0.489 e. The lowest BCUT2D eigenvalue weighted by atomic mass is 10.0. The Balaban J connectivity index is 1.63. The van der Waals surface area contributed by atoms with Crippen LogP contribution in [0.1, 0.15) is 64.0 Å². The van der Waals surface area contributed by atoms with Gasteiger partial charge in [-0.15, -0.1) is 0 Å². The maximum absolute atomic E-state index is 13.4. The van der Waals surface area contributed by atoms with Crippen LogP contribution in [0, 0.1) is 5.92 Å². The molecule has 2 aromatic carbocycles. The summed E-state index contributed by atoms with van der Waals surface area (Å²) in [5, 5.41) is 6.27. The second-order valence-corrected chi connectivity index (χ2v) is 10.0. The van der Waals surface area contributed by atoms with Gasteiger partial charge in [0.2, 0.25) is 11.8 Å². The molecule has 1 aliphatic heterocycles. The maximum atomic E-state index is 13.4. The van der Waals surface area contributed by atoms with E-state index in [0.717, 1.165) is 68.6 Å². The molecule has 1 aliphatic rings. The molecular weight excluding hydrogens is 450 g/mol. The number of hydrogen-bond donors (Lipinski definition) is 2. The van der Waals surface area contributed by atoms with Gasteiger partial charge in [-0.1, -0.05) is 69.7 Å². The SMILES string of the molecule is CCCC(C)C(=O)NC(Cc1ccc(OCc2ccccc2)cc1)C(=O)NC1CCCN(CCC)C1. The predicted molar refractivity (Wildman–Crippen MR) is 145 cm³/mol. The molecule has 0 radical (unpaired) electrons. The maximum Gasteiger partial charge on any atom is 0.243 e. The summed E-state index contributed by atoms with van der Waals surface area (Å²) in [4.78, 5) is 28.6. The average molecular weight is 494 g/mol. The first kappa shape index (κ1) is 27.7. The van der Waals surface area contributed by atoms with Gasteiger partial charge in [-0.2, -0.15) is 0 Å². The van der Waals surface area contributed by atoms with Crippen molar-refractivity contribution in [3.8, 4) is 5.75 Å². The summed E-state index contributed by atoms with van der Waals surface area (Å²) in [5.41, 5.74) is 2.10. The van der Waals surface area contributed by atoms with E-state index in [1.54, 1.807) is 0 Å². The van der Waals surface area contributed by atoms with E-state index in [4.69, 9.17) is 4.74 Å². The Morgan fingerprint density at radius 2 is 1.75 bits per heavy atom. The van der Waals surface area contributed by atoms with Crippen molar-refractivity contribution >= 4 is 11.8 Å². The number of rotatable bonds is 13. The molecule has 0 spiro atoms. The van der Waals surface area contributed by atoms with Gasteiger partial charge in [0, 0.05) is 24.9 Å². The molecule has 0 aliphatic carbocycles. The number of hydrogen-bond acceptors (Lipinski definition) is 4. The molecule has 6 nitrogen and oxygen atoms in total. The summed E-state index contributed by atoms with van der Waals surface area (Å²) < 4.78 is 5.90. The number of benzene rings is 2. The first-order chi connectivity index (χ1) is 17.5. The standard InChI is InChI=1S/C30H43N3O3/c1-4-10-23(3)29(34)32-28(30(35)31-26-13-9-19-33(21-26)18-5-2)20-24-14-16-27(17-15-24)36-22-25-11-7-6-8-12-25/h6-8,11-12,14-17,23,26,28H,4-5,9-10,13,18-22H2,1-3H3,(H,31,35)(H,32,34). The Labute approximate surface area is 216 Å². The van der Waals surface area contributed by atoms with Crippen molar-refractivity contribution in [1.82, 2.24) is 15.5 Å². The molecule has 1 heterocycles. The lowest BCUT2D eigenvalue weighted by Crippen LogP contribution is -2.55. The Morgan fingerprint density at radius 3 is 2.44 bits per heavy atom. The highest BCUT2D eigenvalue weighted by atomic mass is 16.5. The molecule has 3 atom stereocenters. The third kappa shape index (κ3) is 8.98. The molecule has 6 heteroatoms. The molecule has 196 valence electrons. The highest BCUT2D eigenvalue weighted by molar-refractivity contribution is 5.88. The Hall–Kier alpha value is -2.86. The molecule has 0 saturated carbocycles. The summed E-state index contributed by atoms with van der Waals surface area (Å²) in [6, 6.07) is 17.4. The van der Waals surface area contributed by atoms with Gasteiger partial charge in [-0.3, -0.25) is 9.59 Å². The third-order valence-electron chi connectivity index (χ3n) is 6.81. The smallest absolute Gasteiger partial charge is 0.243 e. The van der Waals surface area contributed by atoms with Crippen LogP contribution in [-0.2, 0) is 22.6 Å². The summed E-state index contributed by atoms with van der Waals surface area (Å²) in [5.74, 6) is 0.507. The molecule has 3 rings (SSSR count). The lowest BCUT2D eigenvalue weighted by molar-refractivity contribution is -0.131. The molecule has 2 amide bonds. The van der Waals surface area contributed by atoms with Gasteiger partial charge in [0.05, 0.1) is 0 Å². The van der Waals surface area contributed by atoms with Gasteiger partial charge in [0.15, 0.2) is 0 Å². The first-order valence-corrected chi connectivity index (χ1v) is 13.6. The van der Waals surface area contributed by atoms with Crippen molar-refractivity contribution in [2.24, 2.45) is 5.92 Å². The second kappa shape index (κ2) is 14.6. The lowest BCUT2D eigenvalue weighted by Gasteiger charge is -2.34. The molecule has 0 aromatic heterocycles. The summed E-state index contributed by atoms with van der Waals surface area (Å²) >= 11 is 0. The van der Waals surface area contributed by atoms with Crippen molar-refractivity contribution in [1.29, 1.82) is 0 Å². The number of ether oxygens (including phenoxy) is 1. The van der Waals surface area contributed by atoms with E-state index in [0.29, 0.717) is 13.0 Å². The zero-order valence-corrected chi connectivity index (χ0v) is 22.2. The van der Waals surface area contributed by atoms with Gasteiger partial charge in [0.25, 0.3) is 0 Å². The zero-order valence-electron chi connectivity index (χ0n) is 22.2. The topological polar surface area (TPSA) is 70.7 Å². The first-order valence-electron chi connectivity index (χ1n) is 13.6. The normalized spacial score (nSPS) is 17.7. The van der Waals surface area contributed by atoms with E-state index in [-0.39, 0.29) is 23.8 Å². The Kier molecular flexibility index (Phi) is 11.3. The summed E-state index contributed by atoms with van der Waals surface area (Å²) in [7, 11) is 0. The number of nitrogens with zero attached hydrogens (tertiary/aromatic N) is 1. The van der Waals surface area contributed by atoms with E-state index < -0.39 is 6.04 Å². The van der Waals surface area contributed by atoms with E-state index in [1.807, 2.05) is 61.5 Å². The molecule has 2 N–H and O–H groups in total. The number of carbonyl (C=O) groups excluding carboxylic acids is 2. The molecule has 2 aromatic rings. The quantitative estimate of drug-likeness (QED) is 0.424. The van der Waals surface area contributed by atoms with Crippen LogP contribution < -0.4 is 15.4 Å². The average Bonchev–Trinajstić information content (AvgIpc) is 2.89. The fourth-order valence-electron chi connectivity index (χ4n) is 4.78. The van der Waals surface area contributed by atoms with Gasteiger partial charge >= 0.3 is 0 Å². The highest BCUT2D eigenvalue weighted by Gasteiger charge is 2.27. The van der Waals surface area contributed by atoms with Crippen LogP contribution in [0.4, 0.5) is 0 Å². The van der Waals surface area contributed by atoms with E-state index >= 15 is 0 Å². The van der Waals surface area contributed by atoms with Gasteiger partial charge in [0.1, 0.15) is 18.4 Å². The van der Waals surface area contributed by atoms with Gasteiger partial charge in [-0.05, 0) is 62.0 Å². The summed E-state index contributed by atoms with van der Waals surface area (Å²) in [6.07, 6.45) is 5.36. The fraction of sp³-hybridized carbons (Fsp3) is 0.533. The predicted octanol–water partition coefficient (Wildman–Crippen LogP) is 4.72. The summed E-state index contributed by atoms with van der Waals surface area (Å²) in [6.45, 7) is 9.71. The van der Waals surface area contributed by atoms with Crippen molar-refractivity contribution in [3.05, 3.63) is 65.7 Å². The number of piperidine rings is 1. The van der Waals surface area contributed by atoms with E-state index in [9.17, 15) is 9.59 Å². The zero-order chi connectivity index (χ0) is 25.8.